The predicted octanol–water partition coefficient (Wildman–Crippen LogP) is 2.01. The Balaban J connectivity index is 1.89. The van der Waals surface area contributed by atoms with Gasteiger partial charge in [-0.15, -0.1) is 11.3 Å². The van der Waals surface area contributed by atoms with E-state index in [9.17, 15) is 9.59 Å². The van der Waals surface area contributed by atoms with Crippen molar-refractivity contribution in [1.82, 2.24) is 15.2 Å². The summed E-state index contributed by atoms with van der Waals surface area (Å²) in [7, 11) is 3.24. The number of methoxy groups -OCH3 is 1. The molecule has 1 aliphatic rings. The van der Waals surface area contributed by atoms with Gasteiger partial charge >= 0.3 is 0 Å². The first-order chi connectivity index (χ1) is 11.7. The van der Waals surface area contributed by atoms with Crippen LogP contribution in [0.4, 0.5) is 0 Å². The minimum Gasteiger partial charge on any atom is -0.384 e. The van der Waals surface area contributed by atoms with Crippen molar-refractivity contribution >= 4 is 33.4 Å². The van der Waals surface area contributed by atoms with E-state index in [1.54, 1.807) is 20.4 Å². The molecule has 2 aromatic rings. The number of ether oxygens (including phenoxy) is 1. The topological polar surface area (TPSA) is 71.5 Å². The molecule has 1 saturated heterocycles. The number of fused-ring (bicyclic) bond motifs is 1. The molecule has 24 heavy (non-hydrogen) atoms. The summed E-state index contributed by atoms with van der Waals surface area (Å²) in [5, 5.41) is 3.74. The number of pyridine rings is 1. The number of rotatable bonds is 5. The smallest absolute Gasteiger partial charge is 0.261 e. The number of hydrogen-bond donors (Lipinski definition) is 1. The van der Waals surface area contributed by atoms with Crippen LogP contribution in [0.2, 0.25) is 0 Å². The highest BCUT2D eigenvalue weighted by Gasteiger charge is 2.32. The van der Waals surface area contributed by atoms with Crippen molar-refractivity contribution in [3.63, 3.8) is 0 Å². The van der Waals surface area contributed by atoms with E-state index in [1.165, 1.54) is 11.3 Å². The van der Waals surface area contributed by atoms with Crippen LogP contribution in [0.3, 0.4) is 0 Å². The Kier molecular flexibility index (Phi) is 5.11. The maximum Gasteiger partial charge on any atom is 0.261 e. The number of hydrogen-bond acceptors (Lipinski definition) is 5. The maximum absolute atomic E-state index is 12.3. The predicted molar refractivity (Wildman–Crippen MR) is 93.4 cm³/mol. The molecule has 0 aliphatic carbocycles. The highest BCUT2D eigenvalue weighted by molar-refractivity contribution is 7.20. The van der Waals surface area contributed by atoms with Crippen LogP contribution in [-0.2, 0) is 9.53 Å². The number of aromatic nitrogens is 1. The van der Waals surface area contributed by atoms with Gasteiger partial charge in [0, 0.05) is 44.7 Å². The minimum absolute atomic E-state index is 0.0860. The van der Waals surface area contributed by atoms with Gasteiger partial charge in [-0.25, -0.2) is 4.98 Å². The molecule has 1 atom stereocenters. The van der Waals surface area contributed by atoms with Crippen molar-refractivity contribution in [3.05, 3.63) is 28.8 Å². The van der Waals surface area contributed by atoms with Crippen molar-refractivity contribution < 1.29 is 14.3 Å². The fourth-order valence-electron chi connectivity index (χ4n) is 3.21. The number of carbonyl (C=O) groups is 2. The second-order valence-corrected chi connectivity index (χ2v) is 6.85. The third-order valence-electron chi connectivity index (χ3n) is 4.41. The third-order valence-corrected chi connectivity index (χ3v) is 5.54. The molecular formula is C17H21N3O3S. The first kappa shape index (κ1) is 16.9. The Labute approximate surface area is 144 Å². The lowest BCUT2D eigenvalue weighted by molar-refractivity contribution is -0.131. The molecule has 6 nitrogen and oxygen atoms in total. The summed E-state index contributed by atoms with van der Waals surface area (Å²) in [6, 6.07) is 3.90. The fourth-order valence-corrected chi connectivity index (χ4v) is 4.38. The molecule has 0 spiro atoms. The van der Waals surface area contributed by atoms with Gasteiger partial charge in [0.25, 0.3) is 5.91 Å². The molecule has 0 bridgehead atoms. The molecule has 0 unspecified atom stereocenters. The number of carbonyl (C=O) groups excluding carboxylic acids is 2. The molecular weight excluding hydrogens is 326 g/mol. The zero-order valence-electron chi connectivity index (χ0n) is 13.9. The zero-order chi connectivity index (χ0) is 17.1. The van der Waals surface area contributed by atoms with Gasteiger partial charge in [-0.3, -0.25) is 9.59 Å². The molecule has 1 fully saturated rings. The summed E-state index contributed by atoms with van der Waals surface area (Å²) in [4.78, 5) is 32.3. The highest BCUT2D eigenvalue weighted by Crippen LogP contribution is 2.39. The van der Waals surface area contributed by atoms with E-state index in [0.29, 0.717) is 24.4 Å². The van der Waals surface area contributed by atoms with Gasteiger partial charge in [0.1, 0.15) is 4.83 Å². The fraction of sp³-hybridized carbons (Fsp3) is 0.471. The van der Waals surface area contributed by atoms with Crippen LogP contribution >= 0.6 is 11.3 Å². The van der Waals surface area contributed by atoms with E-state index in [2.05, 4.69) is 10.3 Å². The van der Waals surface area contributed by atoms with Crippen LogP contribution < -0.4 is 5.32 Å². The maximum atomic E-state index is 12.3. The summed E-state index contributed by atoms with van der Waals surface area (Å²) in [6.07, 6.45) is 3.01. The Morgan fingerprint density at radius 2 is 2.33 bits per heavy atom. The van der Waals surface area contributed by atoms with E-state index in [0.717, 1.165) is 28.7 Å². The molecule has 3 heterocycles. The molecule has 128 valence electrons. The first-order valence-corrected chi connectivity index (χ1v) is 8.83. The summed E-state index contributed by atoms with van der Waals surface area (Å²) >= 11 is 1.42. The van der Waals surface area contributed by atoms with Crippen molar-refractivity contribution in [2.24, 2.45) is 0 Å². The van der Waals surface area contributed by atoms with Crippen molar-refractivity contribution in [2.45, 2.75) is 18.8 Å². The van der Waals surface area contributed by atoms with Gasteiger partial charge in [-0.2, -0.15) is 0 Å². The average molecular weight is 347 g/mol. The quantitative estimate of drug-likeness (QED) is 0.898. The molecule has 2 aromatic heterocycles. The molecule has 0 saturated carbocycles. The summed E-state index contributed by atoms with van der Waals surface area (Å²) in [5.74, 6) is 0.192. The van der Waals surface area contributed by atoms with Crippen LogP contribution in [0.15, 0.2) is 18.3 Å². The molecule has 1 N–H and O–H groups in total. The van der Waals surface area contributed by atoms with Crippen molar-refractivity contribution in [2.75, 3.05) is 33.9 Å². The van der Waals surface area contributed by atoms with E-state index in [1.807, 2.05) is 17.0 Å². The Hall–Kier alpha value is -1.99. The van der Waals surface area contributed by atoms with Crippen LogP contribution in [-0.4, -0.2) is 55.6 Å². The summed E-state index contributed by atoms with van der Waals surface area (Å²) in [5.41, 5.74) is 1.03. The largest absolute Gasteiger partial charge is 0.384 e. The van der Waals surface area contributed by atoms with E-state index >= 15 is 0 Å². The first-order valence-electron chi connectivity index (χ1n) is 8.02. The zero-order valence-corrected chi connectivity index (χ0v) is 14.7. The monoisotopic (exact) mass is 347 g/mol. The highest BCUT2D eigenvalue weighted by atomic mass is 32.1. The second kappa shape index (κ2) is 7.27. The molecule has 3 rings (SSSR count). The summed E-state index contributed by atoms with van der Waals surface area (Å²) < 4.78 is 4.99. The van der Waals surface area contributed by atoms with Gasteiger partial charge < -0.3 is 15.0 Å². The summed E-state index contributed by atoms with van der Waals surface area (Å²) in [6.45, 7) is 1.81. The molecule has 2 amide bonds. The van der Waals surface area contributed by atoms with E-state index < -0.39 is 0 Å². The Bertz CT molecular complexity index is 759. The third kappa shape index (κ3) is 3.14. The molecule has 7 heteroatoms. The van der Waals surface area contributed by atoms with Gasteiger partial charge in [0.05, 0.1) is 17.9 Å². The molecule has 0 radical (unpaired) electrons. The number of likely N-dealkylation sites (tertiary alicyclic amines) is 1. The van der Waals surface area contributed by atoms with Crippen LogP contribution in [0.25, 0.3) is 10.2 Å². The number of nitrogens with one attached hydrogen (secondary N) is 1. The van der Waals surface area contributed by atoms with E-state index in [-0.39, 0.29) is 17.7 Å². The Morgan fingerprint density at radius 3 is 3.08 bits per heavy atom. The van der Waals surface area contributed by atoms with Crippen LogP contribution in [0.5, 0.6) is 0 Å². The Morgan fingerprint density at radius 1 is 1.50 bits per heavy atom. The number of thiophene rings is 1. The normalized spacial score (nSPS) is 17.4. The SMILES string of the molecule is CNC(=O)c1sc2ncccc2c1[C@H]1CCN(C(=O)CCOC)C1. The van der Waals surface area contributed by atoms with Gasteiger partial charge in [-0.1, -0.05) is 6.07 Å². The average Bonchev–Trinajstić information content (AvgIpc) is 3.23. The molecule has 1 aliphatic heterocycles. The lowest BCUT2D eigenvalue weighted by Gasteiger charge is -2.17. The molecule has 0 aromatic carbocycles. The second-order valence-electron chi connectivity index (χ2n) is 5.85. The van der Waals surface area contributed by atoms with Crippen molar-refractivity contribution in [3.8, 4) is 0 Å². The van der Waals surface area contributed by atoms with E-state index in [4.69, 9.17) is 4.74 Å². The van der Waals surface area contributed by atoms with Crippen molar-refractivity contribution in [1.29, 1.82) is 0 Å². The van der Waals surface area contributed by atoms with Gasteiger partial charge in [0.2, 0.25) is 5.91 Å². The lowest BCUT2D eigenvalue weighted by atomic mass is 9.95. The van der Waals surface area contributed by atoms with Crippen LogP contribution in [0, 0.1) is 0 Å². The number of amides is 2. The van der Waals surface area contributed by atoms with Crippen LogP contribution in [0.1, 0.15) is 34.0 Å². The van der Waals surface area contributed by atoms with Gasteiger partial charge in [0.15, 0.2) is 0 Å². The standard InChI is InChI=1S/C17H21N3O3S/c1-18-16(22)15-14(12-4-3-7-19-17(12)24-15)11-5-8-20(10-11)13(21)6-9-23-2/h3-4,7,11H,5-6,8-10H2,1-2H3,(H,18,22)/t11-/m0/s1. The lowest BCUT2D eigenvalue weighted by Crippen LogP contribution is -2.29. The van der Waals surface area contributed by atoms with Gasteiger partial charge in [-0.05, 0) is 18.1 Å². The minimum atomic E-state index is -0.0860. The number of nitrogens with zero attached hydrogens (tertiary/aromatic N) is 2.